The molecule has 0 unspecified atom stereocenters. The van der Waals surface area contributed by atoms with E-state index in [9.17, 15) is 4.79 Å². The first-order chi connectivity index (χ1) is 9.61. The van der Waals surface area contributed by atoms with Gasteiger partial charge in [0.05, 0.1) is 5.69 Å². The minimum atomic E-state index is -0.414. The number of aryl methyl sites for hydroxylation is 1. The van der Waals surface area contributed by atoms with Crippen molar-refractivity contribution in [2.45, 2.75) is 6.92 Å². The largest absolute Gasteiger partial charge is 0.356 e. The Hall–Kier alpha value is -2.18. The lowest BCUT2D eigenvalue weighted by atomic mass is 10.3. The predicted octanol–water partition coefficient (Wildman–Crippen LogP) is 1.69. The highest BCUT2D eigenvalue weighted by molar-refractivity contribution is 6.30. The number of hydrogen-bond donors (Lipinski definition) is 2. The van der Waals surface area contributed by atoms with Crippen molar-refractivity contribution < 1.29 is 0 Å². The molecule has 20 heavy (non-hydrogen) atoms. The van der Waals surface area contributed by atoms with Gasteiger partial charge in [-0.1, -0.05) is 17.7 Å². The summed E-state index contributed by atoms with van der Waals surface area (Å²) in [6, 6.07) is 6.90. The van der Waals surface area contributed by atoms with Crippen LogP contribution in [0.25, 0.3) is 5.69 Å². The molecule has 0 aliphatic heterocycles. The molecule has 7 heteroatoms. The highest BCUT2D eigenvalue weighted by Gasteiger charge is 2.08. The summed E-state index contributed by atoms with van der Waals surface area (Å²) in [6.07, 6.45) is 1.68. The molecule has 0 aliphatic rings. The van der Waals surface area contributed by atoms with Crippen molar-refractivity contribution in [3.8, 4) is 5.69 Å². The number of anilines is 1. The van der Waals surface area contributed by atoms with E-state index in [1.54, 1.807) is 37.3 Å². The van der Waals surface area contributed by atoms with Crippen molar-refractivity contribution in [2.75, 3.05) is 12.0 Å². The number of halogens is 1. The monoisotopic (exact) mass is 291 g/mol. The minimum absolute atomic E-state index is 0.222. The summed E-state index contributed by atoms with van der Waals surface area (Å²) in [5, 5.41) is 0.604. The van der Waals surface area contributed by atoms with E-state index < -0.39 is 5.69 Å². The Bertz CT molecular complexity index is 665. The number of nitrogens with zero attached hydrogens (tertiary/aromatic N) is 3. The Morgan fingerprint density at radius 3 is 2.65 bits per heavy atom. The van der Waals surface area contributed by atoms with E-state index >= 15 is 0 Å². The van der Waals surface area contributed by atoms with Crippen molar-refractivity contribution in [3.05, 3.63) is 58.3 Å². The van der Waals surface area contributed by atoms with Crippen molar-refractivity contribution in [1.82, 2.24) is 20.0 Å². The fourth-order valence-electron chi connectivity index (χ4n) is 1.65. The van der Waals surface area contributed by atoms with Gasteiger partial charge < -0.3 is 0 Å². The van der Waals surface area contributed by atoms with Gasteiger partial charge in [-0.25, -0.2) is 14.8 Å². The Balaban J connectivity index is 2.33. The standard InChI is InChI=1S/C13H14ClN5O/c1-3-8-15-18-12-16-9(2)19(13(20)17-12)11-6-4-10(14)5-7-11/h3-7,15H,1,8H2,2H3,(H,17,18,20). The summed E-state index contributed by atoms with van der Waals surface area (Å²) >= 11 is 5.83. The highest BCUT2D eigenvalue weighted by atomic mass is 35.5. The van der Waals surface area contributed by atoms with Crippen molar-refractivity contribution in [1.29, 1.82) is 0 Å². The van der Waals surface area contributed by atoms with Crippen LogP contribution in [0.1, 0.15) is 5.82 Å². The zero-order valence-corrected chi connectivity index (χ0v) is 11.7. The molecule has 0 amide bonds. The van der Waals surface area contributed by atoms with Gasteiger partial charge in [-0.3, -0.25) is 5.43 Å². The molecule has 0 aliphatic carbocycles. The second kappa shape index (κ2) is 6.31. The molecular formula is C13H14ClN5O. The Labute approximate surface area is 121 Å². The zero-order chi connectivity index (χ0) is 14.5. The third-order valence-corrected chi connectivity index (χ3v) is 2.77. The van der Waals surface area contributed by atoms with Gasteiger partial charge in [0.1, 0.15) is 5.82 Å². The summed E-state index contributed by atoms with van der Waals surface area (Å²) in [7, 11) is 0. The first kappa shape index (κ1) is 14.2. The van der Waals surface area contributed by atoms with Crippen LogP contribution in [-0.2, 0) is 0 Å². The molecule has 1 aromatic carbocycles. The lowest BCUT2D eigenvalue weighted by molar-refractivity contribution is 0.785. The molecule has 0 radical (unpaired) electrons. The number of nitrogens with one attached hydrogen (secondary N) is 2. The van der Waals surface area contributed by atoms with Crippen LogP contribution in [0.15, 0.2) is 41.7 Å². The van der Waals surface area contributed by atoms with E-state index in [0.29, 0.717) is 23.1 Å². The molecule has 0 fully saturated rings. The number of rotatable bonds is 5. The van der Waals surface area contributed by atoms with Crippen LogP contribution in [-0.4, -0.2) is 21.1 Å². The molecule has 104 valence electrons. The molecule has 0 bridgehead atoms. The van der Waals surface area contributed by atoms with Gasteiger partial charge in [0.15, 0.2) is 0 Å². The molecular weight excluding hydrogens is 278 g/mol. The van der Waals surface area contributed by atoms with Gasteiger partial charge in [0, 0.05) is 11.6 Å². The molecule has 0 saturated heterocycles. The van der Waals surface area contributed by atoms with Crippen LogP contribution >= 0.6 is 11.6 Å². The fraction of sp³-hybridized carbons (Fsp3) is 0.154. The number of hydrazine groups is 1. The lowest BCUT2D eigenvalue weighted by Crippen LogP contribution is -2.30. The lowest BCUT2D eigenvalue weighted by Gasteiger charge is -2.10. The van der Waals surface area contributed by atoms with Gasteiger partial charge in [0.25, 0.3) is 0 Å². The quantitative estimate of drug-likeness (QED) is 0.498. The first-order valence-electron chi connectivity index (χ1n) is 5.95. The van der Waals surface area contributed by atoms with Gasteiger partial charge in [-0.2, -0.15) is 9.97 Å². The molecule has 6 nitrogen and oxygen atoms in total. The predicted molar refractivity (Wildman–Crippen MR) is 79.2 cm³/mol. The SMILES string of the molecule is C=CCNNc1nc(C)n(-c2ccc(Cl)cc2)c(=O)n1. The second-order valence-electron chi connectivity index (χ2n) is 3.98. The average molecular weight is 292 g/mol. The summed E-state index contributed by atoms with van der Waals surface area (Å²) in [5.41, 5.74) is 5.81. The highest BCUT2D eigenvalue weighted by Crippen LogP contribution is 2.13. The smallest absolute Gasteiger partial charge is 0.289 e. The van der Waals surface area contributed by atoms with Gasteiger partial charge in [0.2, 0.25) is 5.95 Å². The van der Waals surface area contributed by atoms with Crippen LogP contribution < -0.4 is 16.5 Å². The molecule has 1 aromatic heterocycles. The second-order valence-corrected chi connectivity index (χ2v) is 4.42. The van der Waals surface area contributed by atoms with Crippen molar-refractivity contribution >= 4 is 17.5 Å². The third-order valence-electron chi connectivity index (χ3n) is 2.52. The molecule has 2 rings (SSSR count). The Morgan fingerprint density at radius 2 is 2.05 bits per heavy atom. The summed E-state index contributed by atoms with van der Waals surface area (Å²) in [4.78, 5) is 20.1. The fourth-order valence-corrected chi connectivity index (χ4v) is 1.78. The van der Waals surface area contributed by atoms with E-state index in [1.165, 1.54) is 4.57 Å². The van der Waals surface area contributed by atoms with E-state index in [2.05, 4.69) is 27.4 Å². The van der Waals surface area contributed by atoms with Crippen molar-refractivity contribution in [3.63, 3.8) is 0 Å². The molecule has 0 saturated carbocycles. The maximum absolute atomic E-state index is 12.1. The van der Waals surface area contributed by atoms with Gasteiger partial charge >= 0.3 is 5.69 Å². The Kier molecular flexibility index (Phi) is 4.49. The maximum Gasteiger partial charge on any atom is 0.356 e. The third kappa shape index (κ3) is 3.23. The van der Waals surface area contributed by atoms with E-state index in [0.717, 1.165) is 0 Å². The van der Waals surface area contributed by atoms with Crippen LogP contribution in [0, 0.1) is 6.92 Å². The normalized spacial score (nSPS) is 10.3. The summed E-state index contributed by atoms with van der Waals surface area (Å²) in [6.45, 7) is 5.83. The minimum Gasteiger partial charge on any atom is -0.289 e. The van der Waals surface area contributed by atoms with Crippen LogP contribution in [0.5, 0.6) is 0 Å². The number of benzene rings is 1. The summed E-state index contributed by atoms with van der Waals surface area (Å²) < 4.78 is 1.41. The Morgan fingerprint density at radius 1 is 1.35 bits per heavy atom. The molecule has 2 N–H and O–H groups in total. The average Bonchev–Trinajstić information content (AvgIpc) is 2.40. The maximum atomic E-state index is 12.1. The van der Waals surface area contributed by atoms with E-state index in [1.807, 2.05) is 0 Å². The van der Waals surface area contributed by atoms with Crippen molar-refractivity contribution in [2.24, 2.45) is 0 Å². The molecule has 0 atom stereocenters. The van der Waals surface area contributed by atoms with Gasteiger partial charge in [-0.15, -0.1) is 6.58 Å². The number of aromatic nitrogens is 3. The van der Waals surface area contributed by atoms with Crippen LogP contribution in [0.4, 0.5) is 5.95 Å². The summed E-state index contributed by atoms with van der Waals surface area (Å²) in [5.74, 6) is 0.745. The molecule has 0 spiro atoms. The van der Waals surface area contributed by atoms with E-state index in [4.69, 9.17) is 11.6 Å². The van der Waals surface area contributed by atoms with Crippen LogP contribution in [0.3, 0.4) is 0 Å². The first-order valence-corrected chi connectivity index (χ1v) is 6.33. The number of hydrogen-bond acceptors (Lipinski definition) is 5. The molecule has 2 aromatic rings. The van der Waals surface area contributed by atoms with E-state index in [-0.39, 0.29) is 5.95 Å². The molecule has 1 heterocycles. The van der Waals surface area contributed by atoms with Crippen LogP contribution in [0.2, 0.25) is 5.02 Å². The topological polar surface area (TPSA) is 71.8 Å². The van der Waals surface area contributed by atoms with Gasteiger partial charge in [-0.05, 0) is 31.2 Å². The zero-order valence-electron chi connectivity index (χ0n) is 10.9.